The first kappa shape index (κ1) is 22.9. The highest BCUT2D eigenvalue weighted by Crippen LogP contribution is 2.23. The number of aliphatic imine (C=N–C) groups is 1. The third-order valence-corrected chi connectivity index (χ3v) is 4.89. The zero-order valence-electron chi connectivity index (χ0n) is 17.1. The van der Waals surface area contributed by atoms with Crippen molar-refractivity contribution in [2.75, 3.05) is 27.2 Å². The molecule has 0 saturated heterocycles. The Hall–Kier alpha value is -2.42. The minimum absolute atomic E-state index is 0. The minimum Gasteiger partial charge on any atom is -0.508 e. The number of nitrogens with zero attached hydrogens (tertiary/aromatic N) is 1. The molecular weight excluding hydrogens is 479 g/mol. The number of nitrogens with one attached hydrogen (secondary N) is 3. The SMILES string of the molecule is CN=C(NCCc1ccc(OC)cc1O)NCCc1c[nH]c2cccc(C)c12.I. The number of aromatic nitrogens is 1. The lowest BCUT2D eigenvalue weighted by Gasteiger charge is -2.12. The fourth-order valence-electron chi connectivity index (χ4n) is 3.38. The van der Waals surface area contributed by atoms with E-state index in [1.54, 1.807) is 20.2 Å². The number of H-pyrrole nitrogens is 1. The van der Waals surface area contributed by atoms with E-state index in [1.165, 1.54) is 22.0 Å². The number of hydrogen-bond acceptors (Lipinski definition) is 3. The van der Waals surface area contributed by atoms with Crippen LogP contribution in [-0.2, 0) is 12.8 Å². The Morgan fingerprint density at radius 1 is 1.10 bits per heavy atom. The molecule has 0 aliphatic heterocycles. The number of ether oxygens (including phenoxy) is 1. The van der Waals surface area contributed by atoms with Gasteiger partial charge in [-0.05, 0) is 48.6 Å². The number of guanidine groups is 1. The molecule has 0 atom stereocenters. The monoisotopic (exact) mass is 508 g/mol. The first-order valence-corrected chi connectivity index (χ1v) is 9.48. The maximum absolute atomic E-state index is 10.0. The van der Waals surface area contributed by atoms with E-state index in [4.69, 9.17) is 4.74 Å². The normalized spacial score (nSPS) is 11.2. The number of hydrogen-bond donors (Lipinski definition) is 4. The largest absolute Gasteiger partial charge is 0.508 e. The van der Waals surface area contributed by atoms with Gasteiger partial charge in [-0.1, -0.05) is 18.2 Å². The van der Waals surface area contributed by atoms with Crippen LogP contribution >= 0.6 is 24.0 Å². The van der Waals surface area contributed by atoms with E-state index in [9.17, 15) is 5.11 Å². The summed E-state index contributed by atoms with van der Waals surface area (Å²) >= 11 is 0. The van der Waals surface area contributed by atoms with Gasteiger partial charge in [-0.2, -0.15) is 0 Å². The Bertz CT molecular complexity index is 969. The first-order chi connectivity index (χ1) is 13.6. The molecule has 3 rings (SSSR count). The maximum atomic E-state index is 10.0. The molecule has 1 aromatic heterocycles. The molecule has 0 aliphatic rings. The number of halogens is 1. The van der Waals surface area contributed by atoms with Crippen molar-refractivity contribution < 1.29 is 9.84 Å². The summed E-state index contributed by atoms with van der Waals surface area (Å²) < 4.78 is 5.11. The van der Waals surface area contributed by atoms with Crippen LogP contribution in [0.15, 0.2) is 47.6 Å². The summed E-state index contributed by atoms with van der Waals surface area (Å²) in [5, 5.41) is 18.0. The zero-order valence-corrected chi connectivity index (χ0v) is 19.4. The average molecular weight is 508 g/mol. The van der Waals surface area contributed by atoms with Gasteiger partial charge in [-0.15, -0.1) is 24.0 Å². The number of phenolic OH excluding ortho intramolecular Hbond substituents is 1. The summed E-state index contributed by atoms with van der Waals surface area (Å²) in [6.45, 7) is 3.60. The Morgan fingerprint density at radius 2 is 1.83 bits per heavy atom. The van der Waals surface area contributed by atoms with Gasteiger partial charge in [0.05, 0.1) is 7.11 Å². The van der Waals surface area contributed by atoms with E-state index in [0.717, 1.165) is 24.5 Å². The smallest absolute Gasteiger partial charge is 0.190 e. The highest BCUT2D eigenvalue weighted by molar-refractivity contribution is 14.0. The van der Waals surface area contributed by atoms with Gasteiger partial charge in [-0.3, -0.25) is 4.99 Å². The summed E-state index contributed by atoms with van der Waals surface area (Å²) in [4.78, 5) is 7.61. The summed E-state index contributed by atoms with van der Waals surface area (Å²) in [6, 6.07) is 11.7. The number of aryl methyl sites for hydroxylation is 1. The Balaban J connectivity index is 0.00000300. The van der Waals surface area contributed by atoms with Gasteiger partial charge in [0.1, 0.15) is 11.5 Å². The number of benzene rings is 2. The molecule has 29 heavy (non-hydrogen) atoms. The second-order valence-electron chi connectivity index (χ2n) is 6.73. The molecule has 0 bridgehead atoms. The summed E-state index contributed by atoms with van der Waals surface area (Å²) in [7, 11) is 3.35. The van der Waals surface area contributed by atoms with Crippen LogP contribution in [0.5, 0.6) is 11.5 Å². The molecular formula is C22H29IN4O2. The molecule has 0 saturated carbocycles. The van der Waals surface area contributed by atoms with Gasteiger partial charge in [0.15, 0.2) is 5.96 Å². The van der Waals surface area contributed by atoms with E-state index in [0.29, 0.717) is 18.7 Å². The first-order valence-electron chi connectivity index (χ1n) is 9.48. The maximum Gasteiger partial charge on any atom is 0.190 e. The van der Waals surface area contributed by atoms with Gasteiger partial charge >= 0.3 is 0 Å². The molecule has 0 amide bonds. The Labute approximate surface area is 188 Å². The second-order valence-corrected chi connectivity index (χ2v) is 6.73. The van der Waals surface area contributed by atoms with Crippen molar-refractivity contribution in [1.29, 1.82) is 0 Å². The molecule has 7 heteroatoms. The van der Waals surface area contributed by atoms with Crippen molar-refractivity contribution >= 4 is 40.8 Å². The lowest BCUT2D eigenvalue weighted by Crippen LogP contribution is -2.39. The van der Waals surface area contributed by atoms with Crippen molar-refractivity contribution in [3.63, 3.8) is 0 Å². The number of phenols is 1. The Kier molecular flexibility index (Phi) is 8.63. The van der Waals surface area contributed by atoms with E-state index >= 15 is 0 Å². The lowest BCUT2D eigenvalue weighted by molar-refractivity contribution is 0.406. The fourth-order valence-corrected chi connectivity index (χ4v) is 3.38. The number of fused-ring (bicyclic) bond motifs is 1. The standard InChI is InChI=1S/C22H28N4O2.HI/c1-15-5-4-6-19-21(15)17(14-26-19)10-12-25-22(23-2)24-11-9-16-7-8-18(28-3)13-20(16)27;/h4-8,13-14,26-27H,9-12H2,1-3H3,(H2,23,24,25);1H. The molecule has 3 aromatic rings. The quantitative estimate of drug-likeness (QED) is 0.223. The van der Waals surface area contributed by atoms with Gasteiger partial charge in [0.25, 0.3) is 0 Å². The predicted octanol–water partition coefficient (Wildman–Crippen LogP) is 3.76. The Morgan fingerprint density at radius 3 is 2.48 bits per heavy atom. The van der Waals surface area contributed by atoms with Crippen LogP contribution in [-0.4, -0.2) is 43.3 Å². The van der Waals surface area contributed by atoms with Gasteiger partial charge in [0.2, 0.25) is 0 Å². The third-order valence-electron chi connectivity index (χ3n) is 4.89. The van der Waals surface area contributed by atoms with Gasteiger partial charge < -0.3 is 25.5 Å². The van der Waals surface area contributed by atoms with Crippen LogP contribution in [0, 0.1) is 6.92 Å². The van der Waals surface area contributed by atoms with Gasteiger partial charge in [0, 0.05) is 43.3 Å². The van der Waals surface area contributed by atoms with Crippen LogP contribution < -0.4 is 15.4 Å². The summed E-state index contributed by atoms with van der Waals surface area (Å²) in [5.41, 5.74) is 4.64. The summed E-state index contributed by atoms with van der Waals surface area (Å²) in [5.74, 6) is 1.66. The highest BCUT2D eigenvalue weighted by Gasteiger charge is 2.07. The molecule has 2 aromatic carbocycles. The van der Waals surface area contributed by atoms with Crippen LogP contribution in [0.4, 0.5) is 0 Å². The van der Waals surface area contributed by atoms with Crippen LogP contribution in [0.2, 0.25) is 0 Å². The van der Waals surface area contributed by atoms with E-state index in [2.05, 4.69) is 51.9 Å². The number of aromatic amines is 1. The molecule has 1 heterocycles. The third kappa shape index (κ3) is 5.79. The molecule has 0 unspecified atom stereocenters. The van der Waals surface area contributed by atoms with E-state index in [1.807, 2.05) is 12.1 Å². The molecule has 0 spiro atoms. The highest BCUT2D eigenvalue weighted by atomic mass is 127. The molecule has 156 valence electrons. The van der Waals surface area contributed by atoms with Crippen molar-refractivity contribution in [2.24, 2.45) is 4.99 Å². The van der Waals surface area contributed by atoms with Crippen molar-refractivity contribution in [1.82, 2.24) is 15.6 Å². The van der Waals surface area contributed by atoms with Crippen molar-refractivity contribution in [3.05, 3.63) is 59.3 Å². The topological polar surface area (TPSA) is 81.7 Å². The molecule has 4 N–H and O–H groups in total. The van der Waals surface area contributed by atoms with Crippen LogP contribution in [0.25, 0.3) is 10.9 Å². The zero-order chi connectivity index (χ0) is 19.9. The fraction of sp³-hybridized carbons (Fsp3) is 0.318. The number of aromatic hydroxyl groups is 1. The molecule has 0 fully saturated rings. The molecule has 0 radical (unpaired) electrons. The summed E-state index contributed by atoms with van der Waals surface area (Å²) in [6.07, 6.45) is 3.69. The minimum atomic E-state index is 0. The predicted molar refractivity (Wildman–Crippen MR) is 130 cm³/mol. The van der Waals surface area contributed by atoms with Crippen LogP contribution in [0.1, 0.15) is 16.7 Å². The number of rotatable bonds is 7. The molecule has 6 nitrogen and oxygen atoms in total. The van der Waals surface area contributed by atoms with Crippen molar-refractivity contribution in [2.45, 2.75) is 19.8 Å². The van der Waals surface area contributed by atoms with E-state index < -0.39 is 0 Å². The number of methoxy groups -OCH3 is 1. The average Bonchev–Trinajstić information content (AvgIpc) is 3.12. The second kappa shape index (κ2) is 10.9. The van der Waals surface area contributed by atoms with E-state index in [-0.39, 0.29) is 29.7 Å². The van der Waals surface area contributed by atoms with Crippen LogP contribution in [0.3, 0.4) is 0 Å². The lowest BCUT2D eigenvalue weighted by atomic mass is 10.1. The molecule has 0 aliphatic carbocycles. The van der Waals surface area contributed by atoms with Gasteiger partial charge in [-0.25, -0.2) is 0 Å². The van der Waals surface area contributed by atoms with Crippen molar-refractivity contribution in [3.8, 4) is 11.5 Å².